The number of hydrogen-bond donors (Lipinski definition) is 2. The minimum absolute atomic E-state index is 0.0689. The average molecular weight is 420 g/mol. The van der Waals surface area contributed by atoms with E-state index in [1.165, 1.54) is 6.92 Å². The highest BCUT2D eigenvalue weighted by atomic mass is 16.6. The van der Waals surface area contributed by atoms with Crippen molar-refractivity contribution in [2.75, 3.05) is 13.2 Å². The van der Waals surface area contributed by atoms with Gasteiger partial charge in [-0.15, -0.1) is 0 Å². The third kappa shape index (κ3) is 5.90. The Hall–Kier alpha value is -2.71. The topological polar surface area (TPSA) is 119 Å². The second-order valence-corrected chi connectivity index (χ2v) is 7.49. The molecule has 1 aliphatic heterocycles. The van der Waals surface area contributed by atoms with Crippen LogP contribution in [0.2, 0.25) is 0 Å². The van der Waals surface area contributed by atoms with Crippen LogP contribution in [0.4, 0.5) is 0 Å². The molecule has 0 aromatic carbocycles. The van der Waals surface area contributed by atoms with E-state index in [0.717, 1.165) is 11.1 Å². The van der Waals surface area contributed by atoms with E-state index >= 15 is 0 Å². The predicted octanol–water partition coefficient (Wildman–Crippen LogP) is 1.53. The SMILES string of the molecule is C=C1C(=O)O[C@H]2/C=C(/COC(C)=O)CC/C=C(\C)C[C@H](OC(=O)C(=C)[C@@H](O)CO)[C@@H]12. The first kappa shape index (κ1) is 23.6. The molecule has 0 aromatic heterocycles. The van der Waals surface area contributed by atoms with Crippen LogP contribution in [-0.2, 0) is 28.6 Å². The molecule has 1 aliphatic carbocycles. The standard InChI is InChI=1S/C22H28O8/c1-12-6-5-7-16(11-28-15(4)24)9-19-20(14(3)22(27)30-19)18(8-12)29-21(26)13(2)17(25)10-23/h6,9,17-20,23,25H,2-3,5,7-8,10-11H2,1,4H3/b12-6+,16-9+/t17-,18-,19-,20+/m0/s1. The van der Waals surface area contributed by atoms with Crippen molar-refractivity contribution in [2.24, 2.45) is 5.92 Å². The van der Waals surface area contributed by atoms with Crippen LogP contribution >= 0.6 is 0 Å². The van der Waals surface area contributed by atoms with Crippen LogP contribution in [0.15, 0.2) is 47.6 Å². The molecule has 2 rings (SSSR count). The number of carbonyl (C=O) groups is 3. The first-order chi connectivity index (χ1) is 14.1. The van der Waals surface area contributed by atoms with Crippen LogP contribution in [0.1, 0.15) is 33.1 Å². The third-order valence-corrected chi connectivity index (χ3v) is 5.10. The van der Waals surface area contributed by atoms with Crippen molar-refractivity contribution in [1.29, 1.82) is 0 Å². The highest BCUT2D eigenvalue weighted by Crippen LogP contribution is 2.36. The van der Waals surface area contributed by atoms with E-state index in [4.69, 9.17) is 19.3 Å². The molecule has 0 spiro atoms. The van der Waals surface area contributed by atoms with E-state index in [9.17, 15) is 19.5 Å². The van der Waals surface area contributed by atoms with Crippen molar-refractivity contribution in [1.82, 2.24) is 0 Å². The van der Waals surface area contributed by atoms with Crippen LogP contribution in [0, 0.1) is 5.92 Å². The molecule has 1 heterocycles. The van der Waals surface area contributed by atoms with Gasteiger partial charge < -0.3 is 24.4 Å². The Kier molecular flexibility index (Phi) is 8.14. The zero-order chi connectivity index (χ0) is 22.4. The summed E-state index contributed by atoms with van der Waals surface area (Å²) < 4.78 is 16.1. The van der Waals surface area contributed by atoms with Gasteiger partial charge in [-0.05, 0) is 31.4 Å². The molecule has 2 N–H and O–H groups in total. The lowest BCUT2D eigenvalue weighted by atomic mass is 9.85. The minimum Gasteiger partial charge on any atom is -0.461 e. The fourth-order valence-electron chi connectivity index (χ4n) is 3.42. The van der Waals surface area contributed by atoms with Gasteiger partial charge in [-0.1, -0.05) is 24.8 Å². The van der Waals surface area contributed by atoms with Gasteiger partial charge in [0.15, 0.2) is 0 Å². The number of aliphatic hydroxyl groups is 2. The van der Waals surface area contributed by atoms with E-state index in [0.29, 0.717) is 19.3 Å². The number of ether oxygens (including phenoxy) is 3. The molecule has 30 heavy (non-hydrogen) atoms. The monoisotopic (exact) mass is 420 g/mol. The summed E-state index contributed by atoms with van der Waals surface area (Å²) in [7, 11) is 0. The Morgan fingerprint density at radius 3 is 2.73 bits per heavy atom. The molecule has 164 valence electrons. The molecule has 0 unspecified atom stereocenters. The lowest BCUT2D eigenvalue weighted by Gasteiger charge is -2.28. The van der Waals surface area contributed by atoms with Gasteiger partial charge in [0, 0.05) is 18.9 Å². The van der Waals surface area contributed by atoms with Gasteiger partial charge in [-0.25, -0.2) is 9.59 Å². The summed E-state index contributed by atoms with van der Waals surface area (Å²) in [6.45, 7) is 9.89. The van der Waals surface area contributed by atoms with Crippen LogP contribution in [-0.4, -0.2) is 59.6 Å². The average Bonchev–Trinajstić information content (AvgIpc) is 2.97. The summed E-state index contributed by atoms with van der Waals surface area (Å²) >= 11 is 0. The van der Waals surface area contributed by atoms with E-state index in [1.807, 2.05) is 13.0 Å². The van der Waals surface area contributed by atoms with Crippen molar-refractivity contribution in [3.63, 3.8) is 0 Å². The summed E-state index contributed by atoms with van der Waals surface area (Å²) in [5, 5.41) is 18.7. The second kappa shape index (κ2) is 10.4. The summed E-state index contributed by atoms with van der Waals surface area (Å²) in [5.74, 6) is -2.54. The Morgan fingerprint density at radius 1 is 1.40 bits per heavy atom. The van der Waals surface area contributed by atoms with Gasteiger partial charge in [-0.2, -0.15) is 0 Å². The molecule has 0 aromatic rings. The van der Waals surface area contributed by atoms with Crippen LogP contribution in [0.3, 0.4) is 0 Å². The van der Waals surface area contributed by atoms with Gasteiger partial charge in [0.2, 0.25) is 0 Å². The number of carbonyl (C=O) groups excluding carboxylic acids is 3. The normalized spacial score (nSPS) is 28.7. The molecule has 1 fully saturated rings. The van der Waals surface area contributed by atoms with Gasteiger partial charge in [0.05, 0.1) is 18.1 Å². The predicted molar refractivity (Wildman–Crippen MR) is 107 cm³/mol. The van der Waals surface area contributed by atoms with E-state index in [1.54, 1.807) is 6.08 Å². The maximum Gasteiger partial charge on any atom is 0.336 e. The third-order valence-electron chi connectivity index (χ3n) is 5.10. The Labute approximate surface area is 175 Å². The van der Waals surface area contributed by atoms with Gasteiger partial charge in [-0.3, -0.25) is 4.79 Å². The molecular formula is C22H28O8. The lowest BCUT2D eigenvalue weighted by Crippen LogP contribution is -2.35. The first-order valence-electron chi connectivity index (χ1n) is 9.71. The minimum atomic E-state index is -1.44. The van der Waals surface area contributed by atoms with Crippen molar-refractivity contribution >= 4 is 17.9 Å². The fraction of sp³-hybridized carbons (Fsp3) is 0.500. The quantitative estimate of drug-likeness (QED) is 0.287. The zero-order valence-electron chi connectivity index (χ0n) is 17.3. The number of hydrogen-bond acceptors (Lipinski definition) is 8. The second-order valence-electron chi connectivity index (χ2n) is 7.49. The number of allylic oxidation sites excluding steroid dienone is 1. The fourth-order valence-corrected chi connectivity index (χ4v) is 3.42. The van der Waals surface area contributed by atoms with Gasteiger partial charge in [0.1, 0.15) is 24.9 Å². The Morgan fingerprint density at radius 2 is 2.10 bits per heavy atom. The zero-order valence-corrected chi connectivity index (χ0v) is 17.3. The van der Waals surface area contributed by atoms with Crippen molar-refractivity contribution in [3.8, 4) is 0 Å². The van der Waals surface area contributed by atoms with E-state index in [2.05, 4.69) is 13.2 Å². The van der Waals surface area contributed by atoms with E-state index < -0.39 is 48.7 Å². The Bertz CT molecular complexity index is 791. The van der Waals surface area contributed by atoms with Crippen LogP contribution in [0.5, 0.6) is 0 Å². The van der Waals surface area contributed by atoms with Crippen molar-refractivity contribution in [3.05, 3.63) is 47.6 Å². The molecule has 8 heteroatoms. The molecule has 0 bridgehead atoms. The first-order valence-corrected chi connectivity index (χ1v) is 9.71. The number of rotatable bonds is 6. The van der Waals surface area contributed by atoms with Crippen molar-refractivity contribution < 1.29 is 38.8 Å². The summed E-state index contributed by atoms with van der Waals surface area (Å²) in [6, 6.07) is 0. The van der Waals surface area contributed by atoms with E-state index in [-0.39, 0.29) is 17.8 Å². The summed E-state index contributed by atoms with van der Waals surface area (Å²) in [5.41, 5.74) is 1.59. The van der Waals surface area contributed by atoms with Crippen LogP contribution < -0.4 is 0 Å². The van der Waals surface area contributed by atoms with Gasteiger partial charge >= 0.3 is 17.9 Å². The van der Waals surface area contributed by atoms with Gasteiger partial charge in [0.25, 0.3) is 0 Å². The molecular weight excluding hydrogens is 392 g/mol. The summed E-state index contributed by atoms with van der Waals surface area (Å²) in [4.78, 5) is 35.9. The maximum absolute atomic E-state index is 12.4. The molecule has 0 saturated carbocycles. The highest BCUT2D eigenvalue weighted by molar-refractivity contribution is 5.92. The van der Waals surface area contributed by atoms with Crippen LogP contribution in [0.25, 0.3) is 0 Å². The molecule has 4 atom stereocenters. The molecule has 2 aliphatic rings. The molecule has 0 radical (unpaired) electrons. The number of aliphatic hydroxyl groups excluding tert-OH is 2. The smallest absolute Gasteiger partial charge is 0.336 e. The Balaban J connectivity index is 2.36. The largest absolute Gasteiger partial charge is 0.461 e. The number of fused-ring (bicyclic) bond motifs is 1. The lowest BCUT2D eigenvalue weighted by molar-refractivity contribution is -0.148. The van der Waals surface area contributed by atoms with Crippen molar-refractivity contribution in [2.45, 2.75) is 51.4 Å². The highest BCUT2D eigenvalue weighted by Gasteiger charge is 2.44. The maximum atomic E-state index is 12.4. The summed E-state index contributed by atoms with van der Waals surface area (Å²) in [6.07, 6.45) is 2.34. The molecule has 1 saturated heterocycles. The number of esters is 3. The molecule has 8 nitrogen and oxygen atoms in total. The molecule has 0 amide bonds.